The van der Waals surface area contributed by atoms with Gasteiger partial charge in [-0.15, -0.1) is 0 Å². The number of hydrogen-bond donors (Lipinski definition) is 2. The second kappa shape index (κ2) is 6.99. The summed E-state index contributed by atoms with van der Waals surface area (Å²) in [5.74, 6) is -1.14. The van der Waals surface area contributed by atoms with Crippen LogP contribution < -0.4 is 5.32 Å². The smallest absolute Gasteiger partial charge is 0.335 e. The Morgan fingerprint density at radius 1 is 1.10 bits per heavy atom. The van der Waals surface area contributed by atoms with E-state index in [2.05, 4.69) is 12.2 Å². The van der Waals surface area contributed by atoms with Crippen molar-refractivity contribution in [2.24, 2.45) is 0 Å². The van der Waals surface area contributed by atoms with Crippen molar-refractivity contribution in [1.82, 2.24) is 5.32 Å². The number of carboxylic acid groups (broad SMARTS) is 1. The maximum atomic E-state index is 12.8. The molecule has 0 aromatic heterocycles. The molecule has 0 heterocycles. The zero-order chi connectivity index (χ0) is 15.2. The van der Waals surface area contributed by atoms with Crippen LogP contribution in [-0.2, 0) is 13.0 Å². The summed E-state index contributed by atoms with van der Waals surface area (Å²) in [6, 6.07) is 13.6. The average molecular weight is 287 g/mol. The van der Waals surface area contributed by atoms with Crippen molar-refractivity contribution in [2.75, 3.05) is 0 Å². The van der Waals surface area contributed by atoms with Crippen LogP contribution in [0.5, 0.6) is 0 Å². The van der Waals surface area contributed by atoms with E-state index in [1.807, 2.05) is 0 Å². The number of carboxylic acids is 1. The predicted molar refractivity (Wildman–Crippen MR) is 79.8 cm³/mol. The summed E-state index contributed by atoms with van der Waals surface area (Å²) in [4.78, 5) is 10.8. The zero-order valence-corrected chi connectivity index (χ0v) is 11.8. The predicted octanol–water partition coefficient (Wildman–Crippen LogP) is 3.24. The number of rotatable bonds is 6. The van der Waals surface area contributed by atoms with Gasteiger partial charge in [0.15, 0.2) is 0 Å². The fourth-order valence-electron chi connectivity index (χ4n) is 2.10. The molecule has 1 unspecified atom stereocenters. The van der Waals surface area contributed by atoms with Gasteiger partial charge in [0.25, 0.3) is 0 Å². The third-order valence-electron chi connectivity index (χ3n) is 3.31. The van der Waals surface area contributed by atoms with Crippen LogP contribution in [0.4, 0.5) is 4.39 Å². The summed E-state index contributed by atoms with van der Waals surface area (Å²) >= 11 is 0. The van der Waals surface area contributed by atoms with Crippen molar-refractivity contribution in [1.29, 1.82) is 0 Å². The van der Waals surface area contributed by atoms with E-state index in [0.29, 0.717) is 6.54 Å². The summed E-state index contributed by atoms with van der Waals surface area (Å²) in [5, 5.41) is 12.2. The molecule has 2 rings (SSSR count). The minimum atomic E-state index is -0.917. The molecule has 0 spiro atoms. The lowest BCUT2D eigenvalue weighted by Gasteiger charge is -2.14. The van der Waals surface area contributed by atoms with Gasteiger partial charge in [0.1, 0.15) is 5.82 Å². The average Bonchev–Trinajstić information content (AvgIpc) is 2.48. The second-order valence-corrected chi connectivity index (χ2v) is 5.11. The first-order valence-electron chi connectivity index (χ1n) is 6.84. The Morgan fingerprint density at radius 2 is 1.67 bits per heavy atom. The molecule has 3 nitrogen and oxygen atoms in total. The van der Waals surface area contributed by atoms with Gasteiger partial charge in [-0.2, -0.15) is 0 Å². The first kappa shape index (κ1) is 15.2. The van der Waals surface area contributed by atoms with E-state index in [1.165, 1.54) is 12.1 Å². The van der Waals surface area contributed by atoms with E-state index in [9.17, 15) is 9.18 Å². The quantitative estimate of drug-likeness (QED) is 0.857. The van der Waals surface area contributed by atoms with E-state index in [-0.39, 0.29) is 17.4 Å². The maximum Gasteiger partial charge on any atom is 0.335 e. The van der Waals surface area contributed by atoms with Crippen molar-refractivity contribution in [2.45, 2.75) is 25.9 Å². The van der Waals surface area contributed by atoms with Crippen LogP contribution in [-0.4, -0.2) is 17.1 Å². The van der Waals surface area contributed by atoms with Crippen LogP contribution >= 0.6 is 0 Å². The van der Waals surface area contributed by atoms with Crippen molar-refractivity contribution in [3.05, 3.63) is 71.0 Å². The molecule has 0 aliphatic carbocycles. The Bertz CT molecular complexity index is 593. The Labute approximate surface area is 123 Å². The topological polar surface area (TPSA) is 49.3 Å². The fourth-order valence-corrected chi connectivity index (χ4v) is 2.10. The first-order chi connectivity index (χ1) is 10.0. The maximum absolute atomic E-state index is 12.8. The van der Waals surface area contributed by atoms with Crippen LogP contribution in [0.2, 0.25) is 0 Å². The van der Waals surface area contributed by atoms with Crippen LogP contribution in [0.15, 0.2) is 48.5 Å². The van der Waals surface area contributed by atoms with E-state index >= 15 is 0 Å². The molecule has 0 fully saturated rings. The van der Waals surface area contributed by atoms with Gasteiger partial charge in [0.05, 0.1) is 5.56 Å². The van der Waals surface area contributed by atoms with Gasteiger partial charge < -0.3 is 10.4 Å². The molecule has 0 saturated heterocycles. The summed E-state index contributed by atoms with van der Waals surface area (Å²) in [6.07, 6.45) is 0.813. The summed E-state index contributed by atoms with van der Waals surface area (Å²) < 4.78 is 12.8. The molecular formula is C17H18FNO2. The van der Waals surface area contributed by atoms with Crippen LogP contribution in [0.1, 0.15) is 28.4 Å². The number of nitrogens with one attached hydrogen (secondary N) is 1. The third-order valence-corrected chi connectivity index (χ3v) is 3.31. The molecule has 0 saturated carbocycles. The molecule has 1 atom stereocenters. The summed E-state index contributed by atoms with van der Waals surface area (Å²) in [5.41, 5.74) is 2.40. The van der Waals surface area contributed by atoms with Crippen LogP contribution in [0.25, 0.3) is 0 Å². The highest BCUT2D eigenvalue weighted by Gasteiger charge is 2.05. The fraction of sp³-hybridized carbons (Fsp3) is 0.235. The minimum Gasteiger partial charge on any atom is -0.478 e. The zero-order valence-electron chi connectivity index (χ0n) is 11.8. The molecule has 2 N–H and O–H groups in total. The van der Waals surface area contributed by atoms with Crippen LogP contribution in [0.3, 0.4) is 0 Å². The standard InChI is InChI=1S/C17H18FNO2/c1-12(10-13-4-8-16(18)9-5-13)19-11-14-2-6-15(7-3-14)17(20)21/h2-9,12,19H,10-11H2,1H3,(H,20,21). The molecular weight excluding hydrogens is 269 g/mol. The van der Waals surface area contributed by atoms with Crippen molar-refractivity contribution in [3.63, 3.8) is 0 Å². The lowest BCUT2D eigenvalue weighted by molar-refractivity contribution is 0.0697. The van der Waals surface area contributed by atoms with Gasteiger partial charge in [0.2, 0.25) is 0 Å². The largest absolute Gasteiger partial charge is 0.478 e. The number of hydrogen-bond acceptors (Lipinski definition) is 2. The van der Waals surface area contributed by atoms with Gasteiger partial charge in [0, 0.05) is 12.6 Å². The molecule has 4 heteroatoms. The van der Waals surface area contributed by atoms with E-state index in [1.54, 1.807) is 36.4 Å². The minimum absolute atomic E-state index is 0.224. The molecule has 0 aliphatic heterocycles. The summed E-state index contributed by atoms with van der Waals surface area (Å²) in [6.45, 7) is 2.73. The lowest BCUT2D eigenvalue weighted by Crippen LogP contribution is -2.27. The molecule has 0 aliphatic rings. The third kappa shape index (κ3) is 4.68. The summed E-state index contributed by atoms with van der Waals surface area (Å²) in [7, 11) is 0. The van der Waals surface area contributed by atoms with E-state index in [4.69, 9.17) is 5.11 Å². The van der Waals surface area contributed by atoms with E-state index < -0.39 is 5.97 Å². The molecule has 0 bridgehead atoms. The van der Waals surface area contributed by atoms with Crippen LogP contribution in [0, 0.1) is 5.82 Å². The van der Waals surface area contributed by atoms with Gasteiger partial charge in [-0.25, -0.2) is 9.18 Å². The molecule has 21 heavy (non-hydrogen) atoms. The normalized spacial score (nSPS) is 12.1. The van der Waals surface area contributed by atoms with Crippen molar-refractivity contribution >= 4 is 5.97 Å². The molecule has 2 aromatic carbocycles. The van der Waals surface area contributed by atoms with Gasteiger partial charge in [-0.3, -0.25) is 0 Å². The Balaban J connectivity index is 1.84. The monoisotopic (exact) mass is 287 g/mol. The second-order valence-electron chi connectivity index (χ2n) is 5.11. The van der Waals surface area contributed by atoms with Gasteiger partial charge >= 0.3 is 5.97 Å². The number of halogens is 1. The van der Waals surface area contributed by atoms with Gasteiger partial charge in [-0.1, -0.05) is 24.3 Å². The highest BCUT2D eigenvalue weighted by atomic mass is 19.1. The van der Waals surface area contributed by atoms with Crippen molar-refractivity contribution < 1.29 is 14.3 Å². The first-order valence-corrected chi connectivity index (χ1v) is 6.84. The molecule has 2 aromatic rings. The highest BCUT2D eigenvalue weighted by Crippen LogP contribution is 2.08. The SMILES string of the molecule is CC(Cc1ccc(F)cc1)NCc1ccc(C(=O)O)cc1. The Morgan fingerprint density at radius 3 is 2.24 bits per heavy atom. The number of aromatic carboxylic acids is 1. The molecule has 0 amide bonds. The number of carbonyl (C=O) groups is 1. The Kier molecular flexibility index (Phi) is 5.06. The van der Waals surface area contributed by atoms with Gasteiger partial charge in [-0.05, 0) is 48.7 Å². The lowest BCUT2D eigenvalue weighted by atomic mass is 10.1. The highest BCUT2D eigenvalue weighted by molar-refractivity contribution is 5.87. The van der Waals surface area contributed by atoms with E-state index in [0.717, 1.165) is 17.5 Å². The molecule has 0 radical (unpaired) electrons. The molecule has 110 valence electrons. The van der Waals surface area contributed by atoms with Crippen molar-refractivity contribution in [3.8, 4) is 0 Å². The Hall–Kier alpha value is -2.20. The number of benzene rings is 2.